The highest BCUT2D eigenvalue weighted by Gasteiger charge is 2.39. The molecule has 1 fully saturated rings. The summed E-state index contributed by atoms with van der Waals surface area (Å²) in [4.78, 5) is 6.50. The van der Waals surface area contributed by atoms with Gasteiger partial charge in [0, 0.05) is 20.0 Å². The molecule has 2 heterocycles. The van der Waals surface area contributed by atoms with Crippen molar-refractivity contribution in [3.05, 3.63) is 11.7 Å². The summed E-state index contributed by atoms with van der Waals surface area (Å²) in [6.07, 6.45) is 0.903. The van der Waals surface area contributed by atoms with E-state index in [2.05, 4.69) is 22.0 Å². The van der Waals surface area contributed by atoms with E-state index in [1.54, 1.807) is 6.92 Å². The fourth-order valence-electron chi connectivity index (χ4n) is 1.87. The molecule has 0 amide bonds. The second kappa shape index (κ2) is 3.33. The lowest BCUT2D eigenvalue weighted by atomic mass is 10.00. The van der Waals surface area contributed by atoms with Gasteiger partial charge in [0.15, 0.2) is 5.82 Å². The third-order valence-electron chi connectivity index (χ3n) is 2.80. The van der Waals surface area contributed by atoms with Crippen LogP contribution in [0.3, 0.4) is 0 Å². The molecule has 1 aliphatic heterocycles. The molecule has 2 N–H and O–H groups in total. The van der Waals surface area contributed by atoms with Crippen molar-refractivity contribution in [2.75, 3.05) is 19.6 Å². The molecule has 0 spiro atoms. The quantitative estimate of drug-likeness (QED) is 0.734. The molecule has 0 aliphatic carbocycles. The fourth-order valence-corrected chi connectivity index (χ4v) is 1.87. The summed E-state index contributed by atoms with van der Waals surface area (Å²) < 4.78 is 4.95. The van der Waals surface area contributed by atoms with Gasteiger partial charge in [0.1, 0.15) is 0 Å². The van der Waals surface area contributed by atoms with E-state index in [1.165, 1.54) is 0 Å². The maximum Gasteiger partial charge on any atom is 0.223 e. The third kappa shape index (κ3) is 1.53. The van der Waals surface area contributed by atoms with Crippen LogP contribution in [0.4, 0.5) is 0 Å². The first-order valence-electron chi connectivity index (χ1n) is 4.96. The average molecular weight is 196 g/mol. The van der Waals surface area contributed by atoms with E-state index in [-0.39, 0.29) is 0 Å². The number of nitrogens with two attached hydrogens (primary N) is 1. The van der Waals surface area contributed by atoms with Crippen molar-refractivity contribution in [3.63, 3.8) is 0 Å². The smallest absolute Gasteiger partial charge is 0.223 e. The molecule has 78 valence electrons. The van der Waals surface area contributed by atoms with Gasteiger partial charge >= 0.3 is 0 Å². The molecule has 1 aliphatic rings. The van der Waals surface area contributed by atoms with Gasteiger partial charge < -0.3 is 15.2 Å². The molecule has 5 heteroatoms. The predicted octanol–water partition coefficient (Wildman–Crippen LogP) is 0.258. The largest absolute Gasteiger partial charge is 0.340 e. The molecule has 0 saturated carbocycles. The minimum Gasteiger partial charge on any atom is -0.340 e. The summed E-state index contributed by atoms with van der Waals surface area (Å²) in [7, 11) is 0. The average Bonchev–Trinajstić information content (AvgIpc) is 2.73. The summed E-state index contributed by atoms with van der Waals surface area (Å²) in [6, 6.07) is 0. The molecule has 2 rings (SSSR count). The molecule has 14 heavy (non-hydrogen) atoms. The van der Waals surface area contributed by atoms with Crippen LogP contribution in [0.25, 0.3) is 0 Å². The van der Waals surface area contributed by atoms with E-state index in [4.69, 9.17) is 10.3 Å². The Morgan fingerprint density at radius 2 is 2.43 bits per heavy atom. The van der Waals surface area contributed by atoms with Crippen LogP contribution >= 0.6 is 0 Å². The molecule has 5 nitrogen and oxygen atoms in total. The Labute approximate surface area is 83.3 Å². The molecule has 0 aromatic carbocycles. The summed E-state index contributed by atoms with van der Waals surface area (Å²) >= 11 is 0. The standard InChI is InChI=1S/C9H16N4O/c1-3-13-5-4-9(10,6-13)8-11-7(2)14-12-8/h3-6,10H2,1-2H3. The lowest BCUT2D eigenvalue weighted by Gasteiger charge is -2.19. The predicted molar refractivity (Wildman–Crippen MR) is 51.6 cm³/mol. The van der Waals surface area contributed by atoms with Crippen molar-refractivity contribution in [3.8, 4) is 0 Å². The minimum absolute atomic E-state index is 0.409. The SMILES string of the molecule is CCN1CCC(N)(c2noc(C)n2)C1. The topological polar surface area (TPSA) is 68.2 Å². The zero-order chi connectivity index (χ0) is 10.2. The van der Waals surface area contributed by atoms with Crippen LogP contribution in [-0.4, -0.2) is 34.7 Å². The Balaban J connectivity index is 2.18. The zero-order valence-electron chi connectivity index (χ0n) is 8.66. The number of hydrogen-bond acceptors (Lipinski definition) is 5. The number of likely N-dealkylation sites (tertiary alicyclic amines) is 1. The highest BCUT2D eigenvalue weighted by Crippen LogP contribution is 2.26. The van der Waals surface area contributed by atoms with E-state index >= 15 is 0 Å². The zero-order valence-corrected chi connectivity index (χ0v) is 8.66. The normalized spacial score (nSPS) is 28.5. The van der Waals surface area contributed by atoms with Crippen LogP contribution in [0.15, 0.2) is 4.52 Å². The fraction of sp³-hybridized carbons (Fsp3) is 0.778. The number of nitrogens with zero attached hydrogens (tertiary/aromatic N) is 3. The van der Waals surface area contributed by atoms with Crippen molar-refractivity contribution < 1.29 is 4.52 Å². The number of aryl methyl sites for hydroxylation is 1. The molecular formula is C9H16N4O. The van der Waals surface area contributed by atoms with Crippen molar-refractivity contribution in [2.45, 2.75) is 25.8 Å². The monoisotopic (exact) mass is 196 g/mol. The van der Waals surface area contributed by atoms with Crippen LogP contribution in [0.2, 0.25) is 0 Å². The van der Waals surface area contributed by atoms with Gasteiger partial charge in [-0.25, -0.2) is 0 Å². The maximum absolute atomic E-state index is 6.23. The van der Waals surface area contributed by atoms with Gasteiger partial charge in [-0.15, -0.1) is 0 Å². The molecule has 1 atom stereocenters. The van der Waals surface area contributed by atoms with Gasteiger partial charge in [0.25, 0.3) is 0 Å². The number of hydrogen-bond donors (Lipinski definition) is 1. The molecule has 1 unspecified atom stereocenters. The third-order valence-corrected chi connectivity index (χ3v) is 2.80. The van der Waals surface area contributed by atoms with Crippen LogP contribution in [-0.2, 0) is 5.54 Å². The molecule has 1 aromatic heterocycles. The Morgan fingerprint density at radius 3 is 2.93 bits per heavy atom. The number of rotatable bonds is 2. The molecular weight excluding hydrogens is 180 g/mol. The van der Waals surface area contributed by atoms with Gasteiger partial charge in [-0.05, 0) is 13.0 Å². The molecule has 0 bridgehead atoms. The second-order valence-corrected chi connectivity index (χ2v) is 3.91. The van der Waals surface area contributed by atoms with Crippen molar-refractivity contribution in [1.29, 1.82) is 0 Å². The Hall–Kier alpha value is -0.940. The van der Waals surface area contributed by atoms with Crippen molar-refractivity contribution >= 4 is 0 Å². The van der Waals surface area contributed by atoms with E-state index < -0.39 is 5.54 Å². The first-order chi connectivity index (χ1) is 6.64. The highest BCUT2D eigenvalue weighted by atomic mass is 16.5. The van der Waals surface area contributed by atoms with Crippen molar-refractivity contribution in [2.24, 2.45) is 5.73 Å². The van der Waals surface area contributed by atoms with Crippen LogP contribution in [0.1, 0.15) is 25.1 Å². The molecule has 0 radical (unpaired) electrons. The van der Waals surface area contributed by atoms with Crippen molar-refractivity contribution in [1.82, 2.24) is 15.0 Å². The van der Waals surface area contributed by atoms with Gasteiger partial charge in [-0.3, -0.25) is 0 Å². The number of aromatic nitrogens is 2. The summed E-state index contributed by atoms with van der Waals surface area (Å²) in [5.74, 6) is 1.23. The lowest BCUT2D eigenvalue weighted by molar-refractivity contribution is 0.312. The minimum atomic E-state index is -0.409. The van der Waals surface area contributed by atoms with E-state index in [0.717, 1.165) is 26.1 Å². The van der Waals surface area contributed by atoms with Gasteiger partial charge in [0.2, 0.25) is 5.89 Å². The summed E-state index contributed by atoms with van der Waals surface area (Å²) in [6.45, 7) is 6.78. The number of likely N-dealkylation sites (N-methyl/N-ethyl adjacent to an activating group) is 1. The van der Waals surface area contributed by atoms with Gasteiger partial charge in [-0.2, -0.15) is 4.98 Å². The Bertz CT molecular complexity index is 324. The first kappa shape index (κ1) is 9.61. The van der Waals surface area contributed by atoms with Crippen LogP contribution < -0.4 is 5.73 Å². The first-order valence-corrected chi connectivity index (χ1v) is 4.96. The Morgan fingerprint density at radius 1 is 1.64 bits per heavy atom. The summed E-state index contributed by atoms with van der Waals surface area (Å²) in [5.41, 5.74) is 5.82. The van der Waals surface area contributed by atoms with E-state index in [0.29, 0.717) is 11.7 Å². The molecule has 1 saturated heterocycles. The van der Waals surface area contributed by atoms with E-state index in [1.807, 2.05) is 0 Å². The van der Waals surface area contributed by atoms with Gasteiger partial charge in [-0.1, -0.05) is 12.1 Å². The highest BCUT2D eigenvalue weighted by molar-refractivity contribution is 5.08. The van der Waals surface area contributed by atoms with Gasteiger partial charge in [0.05, 0.1) is 5.54 Å². The molecule has 1 aromatic rings. The lowest BCUT2D eigenvalue weighted by Crippen LogP contribution is -2.40. The Kier molecular flexibility index (Phi) is 2.28. The summed E-state index contributed by atoms with van der Waals surface area (Å²) in [5, 5.41) is 3.90. The van der Waals surface area contributed by atoms with E-state index in [9.17, 15) is 0 Å². The van der Waals surface area contributed by atoms with Crippen LogP contribution in [0.5, 0.6) is 0 Å². The maximum atomic E-state index is 6.23. The van der Waals surface area contributed by atoms with Crippen LogP contribution in [0, 0.1) is 6.92 Å². The second-order valence-electron chi connectivity index (χ2n) is 3.91.